The number of rotatable bonds is 5. The highest BCUT2D eigenvalue weighted by Gasteiger charge is 2.17. The minimum atomic E-state index is -0.180. The number of hydrogen-bond acceptors (Lipinski definition) is 2. The lowest BCUT2D eigenvalue weighted by atomic mass is 10.1. The molecule has 1 aromatic carbocycles. The van der Waals surface area contributed by atoms with E-state index in [1.807, 2.05) is 46.0 Å². The van der Waals surface area contributed by atoms with E-state index < -0.39 is 0 Å². The van der Waals surface area contributed by atoms with E-state index >= 15 is 0 Å². The van der Waals surface area contributed by atoms with Crippen LogP contribution in [-0.2, 0) is 11.3 Å². The number of benzene rings is 1. The molecule has 0 aliphatic carbocycles. The van der Waals surface area contributed by atoms with Gasteiger partial charge in [0, 0.05) is 11.1 Å². The van der Waals surface area contributed by atoms with Crippen molar-refractivity contribution in [2.45, 2.75) is 32.9 Å². The summed E-state index contributed by atoms with van der Waals surface area (Å²) in [7, 11) is 3.66. The maximum Gasteiger partial charge on any atom is 0.275 e. The van der Waals surface area contributed by atoms with Crippen LogP contribution in [0.4, 0.5) is 0 Å². The molecule has 2 N–H and O–H groups in total. The molecular weight excluding hydrogens is 320 g/mol. The lowest BCUT2D eigenvalue weighted by molar-refractivity contribution is -0.885. The Bertz CT molecular complexity index is 469. The largest absolute Gasteiger partial charge is 0.496 e. The number of halogens is 1. The second-order valence-electron chi connectivity index (χ2n) is 6.08. The minimum Gasteiger partial charge on any atom is -0.496 e. The number of methoxy groups -OCH3 is 1. The Kier molecular flexibility index (Phi) is 6.02. The third-order valence-electron chi connectivity index (χ3n) is 2.70. The number of hydrogen-bond donors (Lipinski definition) is 2. The van der Waals surface area contributed by atoms with Crippen molar-refractivity contribution >= 4 is 21.8 Å². The van der Waals surface area contributed by atoms with Gasteiger partial charge in [-0.1, -0.05) is 0 Å². The second kappa shape index (κ2) is 7.09. The van der Waals surface area contributed by atoms with E-state index in [1.54, 1.807) is 7.11 Å². The maximum absolute atomic E-state index is 11.9. The fourth-order valence-corrected chi connectivity index (χ4v) is 2.56. The molecule has 0 aliphatic rings. The van der Waals surface area contributed by atoms with E-state index in [0.29, 0.717) is 6.54 Å². The molecule has 0 bridgehead atoms. The van der Waals surface area contributed by atoms with Gasteiger partial charge in [-0.25, -0.2) is 0 Å². The molecule has 20 heavy (non-hydrogen) atoms. The van der Waals surface area contributed by atoms with Gasteiger partial charge in [0.05, 0.1) is 18.6 Å². The molecule has 4 nitrogen and oxygen atoms in total. The molecule has 0 aliphatic heterocycles. The van der Waals surface area contributed by atoms with Crippen LogP contribution in [0.5, 0.6) is 5.75 Å². The third kappa shape index (κ3) is 5.92. The summed E-state index contributed by atoms with van der Waals surface area (Å²) < 4.78 is 6.14. The van der Waals surface area contributed by atoms with E-state index in [0.717, 1.165) is 21.7 Å². The number of nitrogens with one attached hydrogen (secondary N) is 2. The summed E-state index contributed by atoms with van der Waals surface area (Å²) in [6.07, 6.45) is 0. The molecule has 5 heteroatoms. The van der Waals surface area contributed by atoms with Crippen LogP contribution in [0.2, 0.25) is 0 Å². The normalized spacial score (nSPS) is 12.9. The van der Waals surface area contributed by atoms with Gasteiger partial charge >= 0.3 is 0 Å². The highest BCUT2D eigenvalue weighted by Crippen LogP contribution is 2.25. The first-order valence-corrected chi connectivity index (χ1v) is 7.45. The molecule has 1 aromatic rings. The SMILES string of the molecule is COc1ccc(C[NH+](C)CC(=O)NC(C)(C)C)cc1Br. The predicted molar refractivity (Wildman–Crippen MR) is 84.0 cm³/mol. The first-order chi connectivity index (χ1) is 9.21. The Morgan fingerprint density at radius 3 is 2.55 bits per heavy atom. The van der Waals surface area contributed by atoms with Crippen molar-refractivity contribution in [2.24, 2.45) is 0 Å². The van der Waals surface area contributed by atoms with Gasteiger partial charge in [0.15, 0.2) is 6.54 Å². The first kappa shape index (κ1) is 17.0. The average Bonchev–Trinajstić information content (AvgIpc) is 2.25. The smallest absolute Gasteiger partial charge is 0.275 e. The average molecular weight is 344 g/mol. The molecule has 0 fully saturated rings. The second-order valence-corrected chi connectivity index (χ2v) is 6.93. The fraction of sp³-hybridized carbons (Fsp3) is 0.533. The molecule has 0 saturated carbocycles. The van der Waals surface area contributed by atoms with Crippen LogP contribution in [-0.4, -0.2) is 32.1 Å². The summed E-state index contributed by atoms with van der Waals surface area (Å²) in [6, 6.07) is 5.99. The minimum absolute atomic E-state index is 0.0718. The zero-order valence-corrected chi connectivity index (χ0v) is 14.4. The van der Waals surface area contributed by atoms with Gasteiger partial charge in [0.2, 0.25) is 0 Å². The molecule has 1 atom stereocenters. The molecule has 1 rings (SSSR count). The number of ether oxygens (including phenoxy) is 1. The van der Waals surface area contributed by atoms with Crippen LogP contribution in [0.25, 0.3) is 0 Å². The highest BCUT2D eigenvalue weighted by molar-refractivity contribution is 9.10. The number of carbonyl (C=O) groups excluding carboxylic acids is 1. The summed E-state index contributed by atoms with van der Waals surface area (Å²) in [5.41, 5.74) is 0.985. The van der Waals surface area contributed by atoms with Crippen molar-refractivity contribution in [1.82, 2.24) is 5.32 Å². The molecule has 1 amide bonds. The molecule has 0 radical (unpaired) electrons. The zero-order chi connectivity index (χ0) is 15.3. The molecule has 0 saturated heterocycles. The van der Waals surface area contributed by atoms with Crippen molar-refractivity contribution in [3.8, 4) is 5.75 Å². The summed E-state index contributed by atoms with van der Waals surface area (Å²) >= 11 is 3.47. The molecule has 0 spiro atoms. The van der Waals surface area contributed by atoms with Crippen LogP contribution in [0, 0.1) is 0 Å². The molecule has 0 aromatic heterocycles. The fourth-order valence-electron chi connectivity index (χ4n) is 1.97. The van der Waals surface area contributed by atoms with E-state index in [9.17, 15) is 4.79 Å². The number of amides is 1. The van der Waals surface area contributed by atoms with Gasteiger partial charge in [-0.15, -0.1) is 0 Å². The number of quaternary nitrogens is 1. The van der Waals surface area contributed by atoms with Crippen molar-refractivity contribution in [3.63, 3.8) is 0 Å². The maximum atomic E-state index is 11.9. The number of likely N-dealkylation sites (N-methyl/N-ethyl adjacent to an activating group) is 1. The quantitative estimate of drug-likeness (QED) is 0.848. The van der Waals surface area contributed by atoms with E-state index in [1.165, 1.54) is 5.56 Å². The van der Waals surface area contributed by atoms with E-state index in [4.69, 9.17) is 4.74 Å². The van der Waals surface area contributed by atoms with E-state index in [-0.39, 0.29) is 11.4 Å². The van der Waals surface area contributed by atoms with Crippen molar-refractivity contribution in [2.75, 3.05) is 20.7 Å². The molecular formula is C15H24BrN2O2+. The summed E-state index contributed by atoms with van der Waals surface area (Å²) in [5.74, 6) is 0.888. The lowest BCUT2D eigenvalue weighted by Crippen LogP contribution is -3.09. The van der Waals surface area contributed by atoms with Crippen LogP contribution in [0.3, 0.4) is 0 Å². The summed E-state index contributed by atoms with van der Waals surface area (Å²) in [5, 5.41) is 2.98. The topological polar surface area (TPSA) is 42.8 Å². The monoisotopic (exact) mass is 343 g/mol. The Labute approximate surface area is 129 Å². The molecule has 112 valence electrons. The molecule has 1 unspecified atom stereocenters. The van der Waals surface area contributed by atoms with Gasteiger partial charge in [-0.2, -0.15) is 0 Å². The summed E-state index contributed by atoms with van der Waals surface area (Å²) in [6.45, 7) is 7.21. The lowest BCUT2D eigenvalue weighted by Gasteiger charge is -2.22. The predicted octanol–water partition coefficient (Wildman–Crippen LogP) is 1.39. The highest BCUT2D eigenvalue weighted by atomic mass is 79.9. The van der Waals surface area contributed by atoms with Gasteiger partial charge in [-0.05, 0) is 54.9 Å². The summed E-state index contributed by atoms with van der Waals surface area (Å²) in [4.78, 5) is 13.0. The van der Waals surface area contributed by atoms with Crippen molar-refractivity contribution < 1.29 is 14.4 Å². The Morgan fingerprint density at radius 1 is 1.40 bits per heavy atom. The van der Waals surface area contributed by atoms with Gasteiger partial charge < -0.3 is 15.0 Å². The van der Waals surface area contributed by atoms with Gasteiger partial charge in [0.25, 0.3) is 5.91 Å². The standard InChI is InChI=1S/C15H23BrN2O2/c1-15(2,3)17-14(19)10-18(4)9-11-6-7-13(20-5)12(16)8-11/h6-8H,9-10H2,1-5H3,(H,17,19)/p+1. The van der Waals surface area contributed by atoms with Gasteiger partial charge in [-0.3, -0.25) is 4.79 Å². The Hall–Kier alpha value is -1.07. The van der Waals surface area contributed by atoms with Crippen LogP contribution in [0.1, 0.15) is 26.3 Å². The van der Waals surface area contributed by atoms with Crippen LogP contribution < -0.4 is 15.0 Å². The van der Waals surface area contributed by atoms with Crippen LogP contribution in [0.15, 0.2) is 22.7 Å². The Balaban J connectivity index is 2.56. The van der Waals surface area contributed by atoms with Crippen LogP contribution >= 0.6 is 15.9 Å². The van der Waals surface area contributed by atoms with Crippen molar-refractivity contribution in [1.29, 1.82) is 0 Å². The zero-order valence-electron chi connectivity index (χ0n) is 12.8. The Morgan fingerprint density at radius 2 is 2.05 bits per heavy atom. The van der Waals surface area contributed by atoms with Gasteiger partial charge in [0.1, 0.15) is 12.3 Å². The molecule has 0 heterocycles. The van der Waals surface area contributed by atoms with Crippen molar-refractivity contribution in [3.05, 3.63) is 28.2 Å². The number of carbonyl (C=O) groups is 1. The third-order valence-corrected chi connectivity index (χ3v) is 3.32. The first-order valence-electron chi connectivity index (χ1n) is 6.66. The van der Waals surface area contributed by atoms with E-state index in [2.05, 4.69) is 21.2 Å².